The number of fused-ring (bicyclic) bond motifs is 3. The predicted octanol–water partition coefficient (Wildman–Crippen LogP) is 3.14. The van der Waals surface area contributed by atoms with Crippen LogP contribution in [0.3, 0.4) is 0 Å². The van der Waals surface area contributed by atoms with Crippen LogP contribution in [0.5, 0.6) is 11.5 Å². The van der Waals surface area contributed by atoms with E-state index in [1.54, 1.807) is 21.0 Å². The standard InChI is InChI=1S/C31H41NO9/c1-5-14-38-25(33)18-31(36,11-6-9-29(2,3)35)28(34)41-27-24(37-4)17-30-10-7-12-32(30)13-8-20-15-22-23(40-19-39-22)16-21(20)26(27)30/h5,15-17,26-27,35-36H,1,6-14,18-19H2,2-4H3/t26-,27?,30?,31-/m1/s1. The van der Waals surface area contributed by atoms with E-state index in [0.717, 1.165) is 43.5 Å². The number of aliphatic hydroxyl groups is 2. The Hall–Kier alpha value is -3.08. The molecule has 2 N–H and O–H groups in total. The molecule has 0 aromatic heterocycles. The Labute approximate surface area is 240 Å². The molecule has 41 heavy (non-hydrogen) atoms. The summed E-state index contributed by atoms with van der Waals surface area (Å²) in [6.45, 7) is 8.68. The smallest absolute Gasteiger partial charge is 0.339 e. The summed E-state index contributed by atoms with van der Waals surface area (Å²) in [5.74, 6) is -0.129. The topological polar surface area (TPSA) is 124 Å². The number of carbonyl (C=O) groups is 2. The van der Waals surface area contributed by atoms with Crippen molar-refractivity contribution in [2.45, 2.75) is 87.6 Å². The number of hydrogen-bond acceptors (Lipinski definition) is 10. The Bertz CT molecular complexity index is 1220. The van der Waals surface area contributed by atoms with Crippen LogP contribution in [0.4, 0.5) is 0 Å². The van der Waals surface area contributed by atoms with Gasteiger partial charge in [-0.05, 0) is 88.3 Å². The first-order valence-electron chi connectivity index (χ1n) is 14.4. The highest BCUT2D eigenvalue weighted by Crippen LogP contribution is 2.55. The molecule has 10 nitrogen and oxygen atoms in total. The first kappa shape index (κ1) is 29.4. The number of hydrogen-bond donors (Lipinski definition) is 2. The quantitative estimate of drug-likeness (QED) is 0.302. The van der Waals surface area contributed by atoms with Gasteiger partial charge < -0.3 is 33.9 Å². The lowest BCUT2D eigenvalue weighted by Gasteiger charge is -2.39. The van der Waals surface area contributed by atoms with Gasteiger partial charge in [0.05, 0.1) is 30.6 Å². The molecule has 1 aromatic carbocycles. The maximum absolute atomic E-state index is 13.9. The summed E-state index contributed by atoms with van der Waals surface area (Å²) in [4.78, 5) is 28.9. The zero-order valence-electron chi connectivity index (χ0n) is 24.1. The molecular formula is C31H41NO9. The average molecular weight is 572 g/mol. The minimum absolute atomic E-state index is 0.0415. The zero-order chi connectivity index (χ0) is 29.4. The highest BCUT2D eigenvalue weighted by Gasteiger charge is 2.59. The maximum atomic E-state index is 13.9. The van der Waals surface area contributed by atoms with Crippen molar-refractivity contribution in [2.75, 3.05) is 33.6 Å². The van der Waals surface area contributed by atoms with Crippen LogP contribution >= 0.6 is 0 Å². The predicted molar refractivity (Wildman–Crippen MR) is 148 cm³/mol. The number of benzene rings is 1. The van der Waals surface area contributed by atoms with E-state index in [4.69, 9.17) is 23.7 Å². The second-order valence-corrected chi connectivity index (χ2v) is 12.1. The van der Waals surface area contributed by atoms with Gasteiger partial charge in [-0.1, -0.05) is 12.7 Å². The summed E-state index contributed by atoms with van der Waals surface area (Å²) in [6, 6.07) is 4.00. The monoisotopic (exact) mass is 571 g/mol. The third kappa shape index (κ3) is 5.69. The molecule has 1 saturated heterocycles. The number of carbonyl (C=O) groups excluding carboxylic acids is 2. The Morgan fingerprint density at radius 2 is 1.95 bits per heavy atom. The number of methoxy groups -OCH3 is 1. The molecule has 224 valence electrons. The van der Waals surface area contributed by atoms with Crippen molar-refractivity contribution >= 4 is 11.9 Å². The third-order valence-electron chi connectivity index (χ3n) is 8.76. The fourth-order valence-electron chi connectivity index (χ4n) is 6.84. The van der Waals surface area contributed by atoms with Crippen molar-refractivity contribution in [1.29, 1.82) is 0 Å². The van der Waals surface area contributed by atoms with Crippen LogP contribution in [-0.4, -0.2) is 83.5 Å². The highest BCUT2D eigenvalue weighted by atomic mass is 16.7. The van der Waals surface area contributed by atoms with Crippen molar-refractivity contribution < 1.29 is 43.5 Å². The fraction of sp³-hybridized carbons (Fsp3) is 0.613. The van der Waals surface area contributed by atoms with E-state index >= 15 is 0 Å². The van der Waals surface area contributed by atoms with Gasteiger partial charge in [0, 0.05) is 6.54 Å². The normalized spacial score (nSPS) is 26.1. The van der Waals surface area contributed by atoms with Gasteiger partial charge in [-0.25, -0.2) is 4.79 Å². The van der Waals surface area contributed by atoms with Crippen molar-refractivity contribution in [1.82, 2.24) is 4.90 Å². The van der Waals surface area contributed by atoms with Crippen molar-refractivity contribution in [2.24, 2.45) is 0 Å². The SMILES string of the molecule is C=CCOC(=O)C[C@](O)(CCCC(C)(C)O)C(=O)OC1C(OC)=CC23CCCN2CCc2cc4c(cc2[C@H]13)OCO4. The molecule has 0 saturated carbocycles. The van der Waals surface area contributed by atoms with Gasteiger partial charge in [0.2, 0.25) is 6.79 Å². The summed E-state index contributed by atoms with van der Waals surface area (Å²) in [5.41, 5.74) is -1.50. The molecule has 0 bridgehead atoms. The minimum Gasteiger partial charge on any atom is -0.497 e. The van der Waals surface area contributed by atoms with E-state index in [1.807, 2.05) is 12.1 Å². The van der Waals surface area contributed by atoms with Gasteiger partial charge in [0.1, 0.15) is 12.4 Å². The summed E-state index contributed by atoms with van der Waals surface area (Å²) in [7, 11) is 1.55. The third-order valence-corrected chi connectivity index (χ3v) is 8.76. The molecule has 5 rings (SSSR count). The molecule has 1 aromatic rings. The summed E-state index contributed by atoms with van der Waals surface area (Å²) in [5, 5.41) is 21.8. The minimum atomic E-state index is -2.16. The Kier molecular flexibility index (Phi) is 8.11. The molecular weight excluding hydrogens is 530 g/mol. The number of nitrogens with zero attached hydrogens (tertiary/aromatic N) is 1. The Balaban J connectivity index is 1.49. The van der Waals surface area contributed by atoms with Gasteiger partial charge in [0.25, 0.3) is 0 Å². The van der Waals surface area contributed by atoms with Crippen LogP contribution in [0, 0.1) is 0 Å². The molecule has 4 aliphatic rings. The molecule has 4 atom stereocenters. The van der Waals surface area contributed by atoms with E-state index in [0.29, 0.717) is 23.7 Å². The number of esters is 2. The number of rotatable bonds is 11. The maximum Gasteiger partial charge on any atom is 0.339 e. The lowest BCUT2D eigenvalue weighted by atomic mass is 9.77. The first-order valence-corrected chi connectivity index (χ1v) is 14.4. The lowest BCUT2D eigenvalue weighted by Crippen LogP contribution is -2.49. The largest absolute Gasteiger partial charge is 0.497 e. The first-order chi connectivity index (χ1) is 19.5. The average Bonchev–Trinajstić information content (AvgIpc) is 3.60. The Morgan fingerprint density at radius 1 is 1.20 bits per heavy atom. The van der Waals surface area contributed by atoms with Crippen LogP contribution < -0.4 is 9.47 Å². The van der Waals surface area contributed by atoms with Gasteiger partial charge in [-0.2, -0.15) is 0 Å². The van der Waals surface area contributed by atoms with Crippen molar-refractivity contribution in [3.8, 4) is 11.5 Å². The molecule has 1 fully saturated rings. The summed E-state index contributed by atoms with van der Waals surface area (Å²) in [6.07, 6.45) is 5.24. The van der Waals surface area contributed by atoms with Gasteiger partial charge in [0.15, 0.2) is 23.2 Å². The Morgan fingerprint density at radius 3 is 2.66 bits per heavy atom. The van der Waals surface area contributed by atoms with E-state index in [2.05, 4.69) is 17.6 Å². The van der Waals surface area contributed by atoms with Crippen LogP contribution in [-0.2, 0) is 30.2 Å². The van der Waals surface area contributed by atoms with Crippen molar-refractivity contribution in [3.05, 3.63) is 47.7 Å². The molecule has 1 spiro atoms. The van der Waals surface area contributed by atoms with Gasteiger partial charge in [-0.3, -0.25) is 9.69 Å². The molecule has 3 heterocycles. The molecule has 1 aliphatic carbocycles. The second-order valence-electron chi connectivity index (χ2n) is 12.1. The van der Waals surface area contributed by atoms with Crippen LogP contribution in [0.2, 0.25) is 0 Å². The number of ether oxygens (including phenoxy) is 5. The second kappa shape index (κ2) is 11.3. The van der Waals surface area contributed by atoms with Gasteiger partial charge >= 0.3 is 11.9 Å². The molecule has 0 radical (unpaired) electrons. The van der Waals surface area contributed by atoms with E-state index in [-0.39, 0.29) is 32.2 Å². The lowest BCUT2D eigenvalue weighted by molar-refractivity contribution is -0.179. The summed E-state index contributed by atoms with van der Waals surface area (Å²) >= 11 is 0. The fourth-order valence-corrected chi connectivity index (χ4v) is 6.84. The van der Waals surface area contributed by atoms with Crippen LogP contribution in [0.25, 0.3) is 0 Å². The molecule has 3 aliphatic heterocycles. The molecule has 2 unspecified atom stereocenters. The summed E-state index contributed by atoms with van der Waals surface area (Å²) < 4.78 is 28.5. The van der Waals surface area contributed by atoms with Crippen LogP contribution in [0.1, 0.15) is 69.4 Å². The van der Waals surface area contributed by atoms with E-state index in [9.17, 15) is 19.8 Å². The molecule has 10 heteroatoms. The van der Waals surface area contributed by atoms with E-state index < -0.39 is 41.2 Å². The zero-order valence-corrected chi connectivity index (χ0v) is 24.1. The van der Waals surface area contributed by atoms with Gasteiger partial charge in [-0.15, -0.1) is 0 Å². The highest BCUT2D eigenvalue weighted by molar-refractivity contribution is 5.86. The van der Waals surface area contributed by atoms with Crippen LogP contribution in [0.15, 0.2) is 36.6 Å². The van der Waals surface area contributed by atoms with E-state index in [1.165, 1.54) is 6.08 Å². The molecule has 0 amide bonds. The van der Waals surface area contributed by atoms with Crippen molar-refractivity contribution in [3.63, 3.8) is 0 Å².